The third-order valence-corrected chi connectivity index (χ3v) is 4.51. The number of guanidine groups is 1. The first kappa shape index (κ1) is 22.3. The molecule has 0 saturated carbocycles. The summed E-state index contributed by atoms with van der Waals surface area (Å²) in [5.74, 6) is 3.16. The molecule has 7 heteroatoms. The Morgan fingerprint density at radius 1 is 1.25 bits per heavy atom. The second-order valence-electron chi connectivity index (χ2n) is 7.40. The Hall–Kier alpha value is -1.99. The van der Waals surface area contributed by atoms with Crippen molar-refractivity contribution in [1.82, 2.24) is 15.5 Å². The molecule has 1 heterocycles. The third-order valence-electron chi connectivity index (χ3n) is 4.51. The van der Waals surface area contributed by atoms with E-state index >= 15 is 0 Å². The van der Waals surface area contributed by atoms with Crippen molar-refractivity contribution in [3.63, 3.8) is 0 Å². The van der Waals surface area contributed by atoms with Gasteiger partial charge >= 0.3 is 0 Å². The SMILES string of the molecule is CN=C(NCCCOc1ccc(OC)cc1)NCC1CN(CC(C)C)CCO1. The number of methoxy groups -OCH3 is 1. The highest BCUT2D eigenvalue weighted by molar-refractivity contribution is 5.79. The van der Waals surface area contributed by atoms with Gasteiger partial charge in [-0.05, 0) is 36.6 Å². The predicted molar refractivity (Wildman–Crippen MR) is 113 cm³/mol. The van der Waals surface area contributed by atoms with Gasteiger partial charge in [-0.3, -0.25) is 9.89 Å². The number of hydrogen-bond donors (Lipinski definition) is 2. The van der Waals surface area contributed by atoms with Crippen LogP contribution in [0.25, 0.3) is 0 Å². The van der Waals surface area contributed by atoms with Gasteiger partial charge in [0.05, 0.1) is 26.4 Å². The Morgan fingerprint density at radius 2 is 2.00 bits per heavy atom. The van der Waals surface area contributed by atoms with Crippen LogP contribution in [0, 0.1) is 5.92 Å². The summed E-state index contributed by atoms with van der Waals surface area (Å²) in [6.45, 7) is 10.6. The van der Waals surface area contributed by atoms with Gasteiger partial charge in [0, 0.05) is 39.8 Å². The van der Waals surface area contributed by atoms with Crippen molar-refractivity contribution in [2.24, 2.45) is 10.9 Å². The van der Waals surface area contributed by atoms with Gasteiger partial charge in [-0.15, -0.1) is 0 Å². The molecule has 1 aromatic carbocycles. The molecule has 2 N–H and O–H groups in total. The molecule has 0 aromatic heterocycles. The summed E-state index contributed by atoms with van der Waals surface area (Å²) in [5, 5.41) is 6.69. The molecular formula is C21H36N4O3. The fourth-order valence-electron chi connectivity index (χ4n) is 3.16. The molecule has 1 atom stereocenters. The first-order valence-electron chi connectivity index (χ1n) is 10.2. The molecule has 158 valence electrons. The Labute approximate surface area is 169 Å². The van der Waals surface area contributed by atoms with Gasteiger partial charge in [0.15, 0.2) is 5.96 Å². The normalized spacial score (nSPS) is 18.2. The van der Waals surface area contributed by atoms with E-state index in [-0.39, 0.29) is 6.10 Å². The minimum Gasteiger partial charge on any atom is -0.497 e. The summed E-state index contributed by atoms with van der Waals surface area (Å²) >= 11 is 0. The summed E-state index contributed by atoms with van der Waals surface area (Å²) in [7, 11) is 3.44. The zero-order valence-electron chi connectivity index (χ0n) is 17.7. The van der Waals surface area contributed by atoms with Crippen molar-refractivity contribution in [1.29, 1.82) is 0 Å². The Balaban J connectivity index is 1.59. The van der Waals surface area contributed by atoms with Crippen molar-refractivity contribution in [2.75, 3.05) is 60.1 Å². The fourth-order valence-corrected chi connectivity index (χ4v) is 3.16. The molecule has 2 rings (SSSR count). The summed E-state index contributed by atoms with van der Waals surface area (Å²) < 4.78 is 16.8. The maximum Gasteiger partial charge on any atom is 0.191 e. The fraction of sp³-hybridized carbons (Fsp3) is 0.667. The van der Waals surface area contributed by atoms with Gasteiger partial charge in [-0.1, -0.05) is 13.8 Å². The average Bonchev–Trinajstić information content (AvgIpc) is 2.70. The molecule has 1 unspecified atom stereocenters. The lowest BCUT2D eigenvalue weighted by atomic mass is 10.2. The molecule has 0 aliphatic carbocycles. The van der Waals surface area contributed by atoms with E-state index < -0.39 is 0 Å². The van der Waals surface area contributed by atoms with E-state index in [4.69, 9.17) is 14.2 Å². The molecule has 1 aromatic rings. The quantitative estimate of drug-likeness (QED) is 0.361. The molecule has 7 nitrogen and oxygen atoms in total. The second kappa shape index (κ2) is 12.5. The molecular weight excluding hydrogens is 356 g/mol. The zero-order chi connectivity index (χ0) is 20.2. The number of rotatable bonds is 10. The van der Waals surface area contributed by atoms with Gasteiger partial charge in [0.1, 0.15) is 11.5 Å². The highest BCUT2D eigenvalue weighted by Crippen LogP contribution is 2.16. The van der Waals surface area contributed by atoms with Crippen molar-refractivity contribution >= 4 is 5.96 Å². The van der Waals surface area contributed by atoms with Crippen LogP contribution in [0.1, 0.15) is 20.3 Å². The summed E-state index contributed by atoms with van der Waals surface area (Å²) in [4.78, 5) is 6.76. The smallest absolute Gasteiger partial charge is 0.191 e. The number of morpholine rings is 1. The summed E-state index contributed by atoms with van der Waals surface area (Å²) in [6.07, 6.45) is 1.08. The van der Waals surface area contributed by atoms with Gasteiger partial charge in [0.25, 0.3) is 0 Å². The van der Waals surface area contributed by atoms with Crippen LogP contribution in [0.3, 0.4) is 0 Å². The van der Waals surface area contributed by atoms with Gasteiger partial charge in [-0.25, -0.2) is 0 Å². The zero-order valence-corrected chi connectivity index (χ0v) is 17.7. The lowest BCUT2D eigenvalue weighted by Crippen LogP contribution is -2.50. The van der Waals surface area contributed by atoms with E-state index in [1.54, 1.807) is 14.2 Å². The summed E-state index contributed by atoms with van der Waals surface area (Å²) in [6, 6.07) is 7.63. The van der Waals surface area contributed by atoms with E-state index in [9.17, 15) is 0 Å². The standard InChI is InChI=1S/C21H36N4O3/c1-17(2)15-25-11-13-28-20(16-25)14-24-21(22-3)23-10-5-12-27-19-8-6-18(26-4)7-9-19/h6-9,17,20H,5,10-16H2,1-4H3,(H2,22,23,24). The first-order valence-corrected chi connectivity index (χ1v) is 10.2. The molecule has 0 bridgehead atoms. The van der Waals surface area contributed by atoms with Crippen LogP contribution < -0.4 is 20.1 Å². The Bertz CT molecular complexity index is 578. The lowest BCUT2D eigenvalue weighted by molar-refractivity contribution is -0.0284. The van der Waals surface area contributed by atoms with Gasteiger partial charge < -0.3 is 24.8 Å². The number of ether oxygens (including phenoxy) is 3. The van der Waals surface area contributed by atoms with Crippen molar-refractivity contribution in [2.45, 2.75) is 26.4 Å². The minimum absolute atomic E-state index is 0.199. The monoisotopic (exact) mass is 392 g/mol. The van der Waals surface area contributed by atoms with Crippen LogP contribution in [-0.4, -0.2) is 77.1 Å². The second-order valence-corrected chi connectivity index (χ2v) is 7.40. The Morgan fingerprint density at radius 3 is 2.68 bits per heavy atom. The topological polar surface area (TPSA) is 67.4 Å². The van der Waals surface area contributed by atoms with E-state index in [0.717, 1.165) is 63.2 Å². The molecule has 28 heavy (non-hydrogen) atoms. The van der Waals surface area contributed by atoms with E-state index in [2.05, 4.69) is 34.4 Å². The number of benzene rings is 1. The number of nitrogens with zero attached hydrogens (tertiary/aromatic N) is 2. The van der Waals surface area contributed by atoms with Crippen LogP contribution in [0.2, 0.25) is 0 Å². The predicted octanol–water partition coefficient (Wildman–Crippen LogP) is 1.99. The van der Waals surface area contributed by atoms with Crippen molar-refractivity contribution in [3.05, 3.63) is 24.3 Å². The maximum atomic E-state index is 5.88. The van der Waals surface area contributed by atoms with Gasteiger partial charge in [-0.2, -0.15) is 0 Å². The van der Waals surface area contributed by atoms with Crippen LogP contribution in [0.5, 0.6) is 11.5 Å². The van der Waals surface area contributed by atoms with Crippen molar-refractivity contribution in [3.8, 4) is 11.5 Å². The molecule has 1 aliphatic rings. The van der Waals surface area contributed by atoms with Crippen molar-refractivity contribution < 1.29 is 14.2 Å². The highest BCUT2D eigenvalue weighted by atomic mass is 16.5. The number of hydrogen-bond acceptors (Lipinski definition) is 5. The molecule has 1 aliphatic heterocycles. The largest absolute Gasteiger partial charge is 0.497 e. The van der Waals surface area contributed by atoms with Gasteiger partial charge in [0.2, 0.25) is 0 Å². The molecule has 0 amide bonds. The van der Waals surface area contributed by atoms with E-state index in [1.807, 2.05) is 24.3 Å². The number of nitrogens with one attached hydrogen (secondary N) is 2. The lowest BCUT2D eigenvalue weighted by Gasteiger charge is -2.34. The minimum atomic E-state index is 0.199. The molecule has 0 spiro atoms. The van der Waals surface area contributed by atoms with E-state index in [0.29, 0.717) is 12.5 Å². The Kier molecular flexibility index (Phi) is 9.93. The highest BCUT2D eigenvalue weighted by Gasteiger charge is 2.20. The van der Waals surface area contributed by atoms with Crippen LogP contribution >= 0.6 is 0 Å². The summed E-state index contributed by atoms with van der Waals surface area (Å²) in [5.41, 5.74) is 0. The third kappa shape index (κ3) is 8.35. The average molecular weight is 393 g/mol. The molecule has 1 saturated heterocycles. The van der Waals surface area contributed by atoms with Crippen LogP contribution in [-0.2, 0) is 4.74 Å². The van der Waals surface area contributed by atoms with Crippen LogP contribution in [0.15, 0.2) is 29.3 Å². The maximum absolute atomic E-state index is 5.88. The van der Waals surface area contributed by atoms with E-state index in [1.165, 1.54) is 0 Å². The molecule has 1 fully saturated rings. The van der Waals surface area contributed by atoms with Crippen LogP contribution in [0.4, 0.5) is 0 Å². The number of aliphatic imine (C=N–C) groups is 1. The molecule has 0 radical (unpaired) electrons. The first-order chi connectivity index (χ1) is 13.6.